The first-order valence-electron chi connectivity index (χ1n) is 12.2. The van der Waals surface area contributed by atoms with E-state index < -0.39 is 0 Å². The van der Waals surface area contributed by atoms with Crippen molar-refractivity contribution in [2.45, 2.75) is 52.4 Å². The third-order valence-corrected chi connectivity index (χ3v) is 6.74. The molecule has 0 spiro atoms. The van der Waals surface area contributed by atoms with Crippen LogP contribution in [0, 0.1) is 11.8 Å². The molecule has 3 amide bonds. The number of carbonyl (C=O) groups excluding carboxylic acids is 3. The first kappa shape index (κ1) is 22.6. The first-order chi connectivity index (χ1) is 15.4. The van der Waals surface area contributed by atoms with Crippen molar-refractivity contribution in [3.63, 3.8) is 0 Å². The lowest BCUT2D eigenvalue weighted by atomic mass is 10.1. The van der Waals surface area contributed by atoms with Crippen molar-refractivity contribution in [3.8, 4) is 0 Å². The molecule has 7 nitrogen and oxygen atoms in total. The Hall–Kier alpha value is -2.57. The van der Waals surface area contributed by atoms with Gasteiger partial charge in [0.25, 0.3) is 5.91 Å². The minimum Gasteiger partial charge on any atom is -0.369 e. The summed E-state index contributed by atoms with van der Waals surface area (Å²) in [5, 5.41) is 2.94. The number of amides is 3. The second-order valence-electron chi connectivity index (χ2n) is 9.67. The number of piperidine rings is 1. The highest BCUT2D eigenvalue weighted by Crippen LogP contribution is 2.32. The molecule has 3 aliphatic rings. The van der Waals surface area contributed by atoms with Crippen LogP contribution < -0.4 is 10.2 Å². The molecule has 1 saturated carbocycles. The fraction of sp³-hybridized carbons (Fsp3) is 0.640. The highest BCUT2D eigenvalue weighted by atomic mass is 16.2. The zero-order valence-electron chi connectivity index (χ0n) is 19.4. The highest BCUT2D eigenvalue weighted by molar-refractivity contribution is 6.02. The van der Waals surface area contributed by atoms with Gasteiger partial charge >= 0.3 is 0 Å². The number of hydrogen-bond donors (Lipinski definition) is 1. The molecule has 32 heavy (non-hydrogen) atoms. The summed E-state index contributed by atoms with van der Waals surface area (Å²) in [6, 6.07) is 5.69. The van der Waals surface area contributed by atoms with Crippen LogP contribution >= 0.6 is 0 Å². The zero-order valence-corrected chi connectivity index (χ0v) is 19.4. The van der Waals surface area contributed by atoms with Crippen molar-refractivity contribution >= 4 is 29.1 Å². The van der Waals surface area contributed by atoms with Gasteiger partial charge in [-0.2, -0.15) is 0 Å². The lowest BCUT2D eigenvalue weighted by molar-refractivity contribution is -0.132. The molecule has 174 valence electrons. The number of benzene rings is 1. The van der Waals surface area contributed by atoms with E-state index in [2.05, 4.69) is 10.2 Å². The average Bonchev–Trinajstić information content (AvgIpc) is 3.66. The molecule has 7 heteroatoms. The largest absolute Gasteiger partial charge is 0.369 e. The van der Waals surface area contributed by atoms with Gasteiger partial charge in [0.15, 0.2) is 0 Å². The maximum Gasteiger partial charge on any atom is 0.256 e. The molecule has 0 radical (unpaired) electrons. The maximum atomic E-state index is 13.5. The molecule has 0 unspecified atom stereocenters. The van der Waals surface area contributed by atoms with Gasteiger partial charge < -0.3 is 20.0 Å². The molecule has 0 bridgehead atoms. The smallest absolute Gasteiger partial charge is 0.256 e. The SMILES string of the molecule is CC(C)C(=O)Nc1ccc(N2CCCN(C(=O)C3CC3)CC2)c(C(=O)N2CCCCC2)c1. The zero-order chi connectivity index (χ0) is 22.7. The Morgan fingerprint density at radius 2 is 1.59 bits per heavy atom. The van der Waals surface area contributed by atoms with Gasteiger partial charge in [0.2, 0.25) is 11.8 Å². The van der Waals surface area contributed by atoms with Crippen LogP contribution in [0.2, 0.25) is 0 Å². The number of likely N-dealkylation sites (tertiary alicyclic amines) is 1. The van der Waals surface area contributed by atoms with Gasteiger partial charge in [-0.15, -0.1) is 0 Å². The maximum absolute atomic E-state index is 13.5. The van der Waals surface area contributed by atoms with Crippen molar-refractivity contribution in [2.24, 2.45) is 11.8 Å². The monoisotopic (exact) mass is 440 g/mol. The van der Waals surface area contributed by atoms with Gasteiger partial charge in [-0.1, -0.05) is 13.8 Å². The Labute approximate surface area is 191 Å². The van der Waals surface area contributed by atoms with Crippen LogP contribution in [-0.2, 0) is 9.59 Å². The number of rotatable bonds is 5. The van der Waals surface area contributed by atoms with E-state index in [0.717, 1.165) is 76.9 Å². The summed E-state index contributed by atoms with van der Waals surface area (Å²) < 4.78 is 0. The van der Waals surface area contributed by atoms with Gasteiger partial charge in [0, 0.05) is 62.5 Å². The molecule has 1 aliphatic carbocycles. The van der Waals surface area contributed by atoms with Crippen LogP contribution in [0.5, 0.6) is 0 Å². The van der Waals surface area contributed by atoms with E-state index >= 15 is 0 Å². The Morgan fingerprint density at radius 3 is 2.28 bits per heavy atom. The molecular weight excluding hydrogens is 404 g/mol. The van der Waals surface area contributed by atoms with Crippen molar-refractivity contribution < 1.29 is 14.4 Å². The molecule has 1 aromatic rings. The van der Waals surface area contributed by atoms with Gasteiger partial charge in [-0.3, -0.25) is 14.4 Å². The number of anilines is 2. The molecule has 2 aliphatic heterocycles. The third-order valence-electron chi connectivity index (χ3n) is 6.74. The molecule has 4 rings (SSSR count). The van der Waals surface area contributed by atoms with Crippen molar-refractivity contribution in [2.75, 3.05) is 49.5 Å². The average molecular weight is 441 g/mol. The fourth-order valence-electron chi connectivity index (χ4n) is 4.58. The minimum absolute atomic E-state index is 0.0375. The first-order valence-corrected chi connectivity index (χ1v) is 12.2. The molecule has 1 N–H and O–H groups in total. The van der Waals surface area contributed by atoms with E-state index in [1.54, 1.807) is 0 Å². The van der Waals surface area contributed by atoms with Gasteiger partial charge in [-0.05, 0) is 56.7 Å². The summed E-state index contributed by atoms with van der Waals surface area (Å²) in [7, 11) is 0. The summed E-state index contributed by atoms with van der Waals surface area (Å²) in [6.45, 7) is 8.28. The molecule has 0 atom stereocenters. The second-order valence-corrected chi connectivity index (χ2v) is 9.67. The topological polar surface area (TPSA) is 73.0 Å². The highest BCUT2D eigenvalue weighted by Gasteiger charge is 2.34. The van der Waals surface area contributed by atoms with E-state index in [1.165, 1.54) is 0 Å². The summed E-state index contributed by atoms with van der Waals surface area (Å²) in [5.41, 5.74) is 2.22. The van der Waals surface area contributed by atoms with Crippen LogP contribution in [0.25, 0.3) is 0 Å². The van der Waals surface area contributed by atoms with Crippen molar-refractivity contribution in [1.29, 1.82) is 0 Å². The fourth-order valence-corrected chi connectivity index (χ4v) is 4.58. The van der Waals surface area contributed by atoms with Crippen LogP contribution in [0.1, 0.15) is 62.7 Å². The Bertz CT molecular complexity index is 859. The van der Waals surface area contributed by atoms with E-state index in [9.17, 15) is 14.4 Å². The molecule has 3 fully saturated rings. The lowest BCUT2D eigenvalue weighted by Crippen LogP contribution is -2.38. The summed E-state index contributed by atoms with van der Waals surface area (Å²) in [5.74, 6) is 0.384. The lowest BCUT2D eigenvalue weighted by Gasteiger charge is -2.30. The van der Waals surface area contributed by atoms with Gasteiger partial charge in [0.05, 0.1) is 5.56 Å². The van der Waals surface area contributed by atoms with Crippen LogP contribution in [-0.4, -0.2) is 66.8 Å². The van der Waals surface area contributed by atoms with Crippen molar-refractivity contribution in [1.82, 2.24) is 9.80 Å². The van der Waals surface area contributed by atoms with E-state index in [0.29, 0.717) is 23.7 Å². The molecule has 0 aromatic heterocycles. The van der Waals surface area contributed by atoms with Crippen molar-refractivity contribution in [3.05, 3.63) is 23.8 Å². The van der Waals surface area contributed by atoms with E-state index in [4.69, 9.17) is 0 Å². The summed E-state index contributed by atoms with van der Waals surface area (Å²) in [6.07, 6.45) is 6.17. The van der Waals surface area contributed by atoms with E-state index in [1.807, 2.05) is 41.8 Å². The molecule has 2 saturated heterocycles. The van der Waals surface area contributed by atoms with Gasteiger partial charge in [0.1, 0.15) is 0 Å². The van der Waals surface area contributed by atoms with E-state index in [-0.39, 0.29) is 23.7 Å². The number of carbonyl (C=O) groups is 3. The second kappa shape index (κ2) is 9.92. The molecule has 2 heterocycles. The summed E-state index contributed by atoms with van der Waals surface area (Å²) >= 11 is 0. The number of nitrogens with one attached hydrogen (secondary N) is 1. The van der Waals surface area contributed by atoms with Gasteiger partial charge in [-0.25, -0.2) is 0 Å². The molecule has 1 aromatic carbocycles. The van der Waals surface area contributed by atoms with Crippen LogP contribution in [0.4, 0.5) is 11.4 Å². The predicted molar refractivity (Wildman–Crippen MR) is 126 cm³/mol. The van der Waals surface area contributed by atoms with Crippen LogP contribution in [0.15, 0.2) is 18.2 Å². The number of hydrogen-bond acceptors (Lipinski definition) is 4. The Balaban J connectivity index is 1.57. The summed E-state index contributed by atoms with van der Waals surface area (Å²) in [4.78, 5) is 44.5. The van der Waals surface area contributed by atoms with Crippen LogP contribution in [0.3, 0.4) is 0 Å². The standard InChI is InChI=1S/C25H36N4O3/c1-18(2)23(30)26-20-9-10-22(21(17-20)25(32)28-11-4-3-5-12-28)27-13-6-14-29(16-15-27)24(31)19-7-8-19/h9-10,17-19H,3-8,11-16H2,1-2H3,(H,26,30). The minimum atomic E-state index is -0.128. The predicted octanol–water partition coefficient (Wildman–Crippen LogP) is 3.36. The normalized spacial score (nSPS) is 19.7. The number of nitrogens with zero attached hydrogens (tertiary/aromatic N) is 3. The Kier molecular flexibility index (Phi) is 7.01. The Morgan fingerprint density at radius 1 is 0.875 bits per heavy atom. The molecular formula is C25H36N4O3. The third kappa shape index (κ3) is 5.25. The quantitative estimate of drug-likeness (QED) is 0.762.